The van der Waals surface area contributed by atoms with E-state index in [9.17, 15) is 14.6 Å². The number of phenolic OH excluding ortho intramolecular Hbond substituents is 1. The number of hydrogen-bond donors (Lipinski definition) is 2. The molecule has 2 aromatic carbocycles. The van der Waals surface area contributed by atoms with E-state index in [0.717, 1.165) is 35.7 Å². The van der Waals surface area contributed by atoms with Gasteiger partial charge in [-0.2, -0.15) is 0 Å². The van der Waals surface area contributed by atoms with Gasteiger partial charge in [-0.05, 0) is 67.7 Å². The van der Waals surface area contributed by atoms with Crippen molar-refractivity contribution in [2.75, 3.05) is 0 Å². The minimum absolute atomic E-state index is 0.267. The molecule has 0 aliphatic rings. The Balaban J connectivity index is 1.77. The summed E-state index contributed by atoms with van der Waals surface area (Å²) in [6.07, 6.45) is 7.95. The van der Waals surface area contributed by atoms with Gasteiger partial charge < -0.3 is 10.2 Å². The van der Waals surface area contributed by atoms with Gasteiger partial charge in [0.2, 0.25) is 0 Å². The van der Waals surface area contributed by atoms with Gasteiger partial charge in [-0.15, -0.1) is 0 Å². The summed E-state index contributed by atoms with van der Waals surface area (Å²) in [6, 6.07) is 9.97. The first-order valence-corrected chi connectivity index (χ1v) is 8.63. The maximum atomic E-state index is 13.6. The zero-order valence-electron chi connectivity index (χ0n) is 14.6. The smallest absolute Gasteiger partial charge is 0.165 e. The van der Waals surface area contributed by atoms with Gasteiger partial charge in [-0.3, -0.25) is 0 Å². The van der Waals surface area contributed by atoms with Crippen LogP contribution >= 0.6 is 0 Å². The Labute approximate surface area is 151 Å². The highest BCUT2D eigenvalue weighted by Gasteiger charge is 2.06. The molecule has 1 unspecified atom stereocenters. The van der Waals surface area contributed by atoms with Gasteiger partial charge in [0.05, 0.1) is 11.6 Å². The number of allylic oxidation sites excluding steroid dienone is 1. The first kappa shape index (κ1) is 18.0. The van der Waals surface area contributed by atoms with Crippen LogP contribution in [0.5, 0.6) is 5.75 Å². The van der Waals surface area contributed by atoms with Crippen molar-refractivity contribution in [3.8, 4) is 16.9 Å². The highest BCUT2D eigenvalue weighted by atomic mass is 19.1. The topological polar surface area (TPSA) is 66.2 Å². The molecule has 134 valence electrons. The van der Waals surface area contributed by atoms with Crippen molar-refractivity contribution in [2.45, 2.75) is 32.3 Å². The Bertz CT molecular complexity index is 938. The van der Waals surface area contributed by atoms with Crippen molar-refractivity contribution in [3.63, 3.8) is 0 Å². The van der Waals surface area contributed by atoms with Crippen LogP contribution in [0.3, 0.4) is 0 Å². The van der Waals surface area contributed by atoms with Crippen LogP contribution in [-0.4, -0.2) is 26.3 Å². The molecule has 0 bridgehead atoms. The van der Waals surface area contributed by atoms with E-state index in [1.54, 1.807) is 19.2 Å². The van der Waals surface area contributed by atoms with Crippen LogP contribution in [-0.2, 0) is 0 Å². The summed E-state index contributed by atoms with van der Waals surface area (Å²) in [5, 5.41) is 19.4. The van der Waals surface area contributed by atoms with E-state index in [4.69, 9.17) is 0 Å². The quantitative estimate of drug-likeness (QED) is 0.631. The van der Waals surface area contributed by atoms with Gasteiger partial charge >= 0.3 is 0 Å². The molecule has 0 spiro atoms. The van der Waals surface area contributed by atoms with E-state index in [1.165, 1.54) is 12.1 Å². The van der Waals surface area contributed by atoms with Gasteiger partial charge in [0.15, 0.2) is 17.4 Å². The number of aliphatic hydroxyl groups excluding tert-OH is 1. The third kappa shape index (κ3) is 4.43. The first-order valence-electron chi connectivity index (χ1n) is 8.63. The molecule has 1 aromatic heterocycles. The predicted molar refractivity (Wildman–Crippen MR) is 101 cm³/mol. The molecule has 0 saturated heterocycles. The van der Waals surface area contributed by atoms with Crippen molar-refractivity contribution in [1.29, 1.82) is 0 Å². The maximum Gasteiger partial charge on any atom is 0.165 e. The van der Waals surface area contributed by atoms with E-state index in [1.807, 2.05) is 30.4 Å². The standard InChI is InChI=1S/C21H21FN2O2/c1-14(25)5-3-2-4-6-21-23-13-17-11-15(7-9-19(17)24-21)16-8-10-20(26)18(22)12-16/h4,6-14,25-26H,2-3,5H2,1H3/b6-4+. The van der Waals surface area contributed by atoms with Crippen LogP contribution in [0.2, 0.25) is 0 Å². The van der Waals surface area contributed by atoms with Crippen LogP contribution in [0.4, 0.5) is 4.39 Å². The molecular formula is C21H21FN2O2. The highest BCUT2D eigenvalue weighted by molar-refractivity contribution is 5.84. The van der Waals surface area contributed by atoms with E-state index in [0.29, 0.717) is 11.4 Å². The Morgan fingerprint density at radius 3 is 2.69 bits per heavy atom. The fourth-order valence-electron chi connectivity index (χ4n) is 2.71. The molecule has 2 N–H and O–H groups in total. The van der Waals surface area contributed by atoms with Crippen LogP contribution in [0.1, 0.15) is 32.0 Å². The Hall–Kier alpha value is -2.79. The van der Waals surface area contributed by atoms with Gasteiger partial charge in [0.25, 0.3) is 0 Å². The fourth-order valence-corrected chi connectivity index (χ4v) is 2.71. The second-order valence-corrected chi connectivity index (χ2v) is 6.35. The molecule has 0 aliphatic carbocycles. The monoisotopic (exact) mass is 352 g/mol. The van der Waals surface area contributed by atoms with Crippen LogP contribution in [0.15, 0.2) is 48.7 Å². The normalized spacial score (nSPS) is 12.7. The summed E-state index contributed by atoms with van der Waals surface area (Å²) in [4.78, 5) is 8.86. The Morgan fingerprint density at radius 2 is 1.92 bits per heavy atom. The van der Waals surface area contributed by atoms with E-state index in [-0.39, 0.29) is 11.9 Å². The molecule has 0 fully saturated rings. The number of hydrogen-bond acceptors (Lipinski definition) is 4. The number of aromatic nitrogens is 2. The lowest BCUT2D eigenvalue weighted by molar-refractivity contribution is 0.182. The van der Waals surface area contributed by atoms with Gasteiger partial charge in [-0.25, -0.2) is 14.4 Å². The summed E-state index contributed by atoms with van der Waals surface area (Å²) >= 11 is 0. The summed E-state index contributed by atoms with van der Waals surface area (Å²) in [6.45, 7) is 1.79. The molecule has 3 aromatic rings. The molecule has 1 atom stereocenters. The summed E-state index contributed by atoms with van der Waals surface area (Å²) < 4.78 is 13.6. The van der Waals surface area contributed by atoms with Gasteiger partial charge in [-0.1, -0.05) is 18.2 Å². The second kappa shape index (κ2) is 8.06. The van der Waals surface area contributed by atoms with Gasteiger partial charge in [0, 0.05) is 11.6 Å². The Morgan fingerprint density at radius 1 is 1.15 bits per heavy atom. The van der Waals surface area contributed by atoms with Crippen molar-refractivity contribution in [2.24, 2.45) is 0 Å². The number of benzene rings is 2. The average Bonchev–Trinajstić information content (AvgIpc) is 2.63. The third-order valence-electron chi connectivity index (χ3n) is 4.14. The summed E-state index contributed by atoms with van der Waals surface area (Å²) in [5.74, 6) is -0.365. The number of halogens is 1. The third-order valence-corrected chi connectivity index (χ3v) is 4.14. The fraction of sp³-hybridized carbons (Fsp3) is 0.238. The summed E-state index contributed by atoms with van der Waals surface area (Å²) in [7, 11) is 0. The number of nitrogens with zero attached hydrogens (tertiary/aromatic N) is 2. The lowest BCUT2D eigenvalue weighted by Gasteiger charge is -2.05. The number of fused-ring (bicyclic) bond motifs is 1. The second-order valence-electron chi connectivity index (χ2n) is 6.35. The Kier molecular flexibility index (Phi) is 5.58. The first-order chi connectivity index (χ1) is 12.5. The van der Waals surface area contributed by atoms with Crippen LogP contribution in [0, 0.1) is 5.82 Å². The van der Waals surface area contributed by atoms with Crippen LogP contribution < -0.4 is 0 Å². The van der Waals surface area contributed by atoms with E-state index >= 15 is 0 Å². The zero-order chi connectivity index (χ0) is 18.5. The molecule has 0 radical (unpaired) electrons. The number of rotatable bonds is 6. The van der Waals surface area contributed by atoms with E-state index in [2.05, 4.69) is 9.97 Å². The largest absolute Gasteiger partial charge is 0.505 e. The zero-order valence-corrected chi connectivity index (χ0v) is 14.6. The number of unbranched alkanes of at least 4 members (excludes halogenated alkanes) is 1. The predicted octanol–water partition coefficient (Wildman–Crippen LogP) is 4.71. The van der Waals surface area contributed by atoms with Crippen molar-refractivity contribution in [3.05, 3.63) is 60.3 Å². The van der Waals surface area contributed by atoms with Crippen LogP contribution in [0.25, 0.3) is 28.1 Å². The molecule has 1 heterocycles. The maximum absolute atomic E-state index is 13.6. The molecule has 4 nitrogen and oxygen atoms in total. The summed E-state index contributed by atoms with van der Waals surface area (Å²) in [5.41, 5.74) is 2.33. The van der Waals surface area contributed by atoms with E-state index < -0.39 is 5.82 Å². The van der Waals surface area contributed by atoms with Crippen molar-refractivity contribution in [1.82, 2.24) is 9.97 Å². The molecule has 5 heteroatoms. The number of aromatic hydroxyl groups is 1. The molecule has 26 heavy (non-hydrogen) atoms. The minimum Gasteiger partial charge on any atom is -0.505 e. The molecule has 0 saturated carbocycles. The molecule has 0 amide bonds. The number of aliphatic hydroxyl groups is 1. The van der Waals surface area contributed by atoms with Crippen molar-refractivity contribution < 1.29 is 14.6 Å². The van der Waals surface area contributed by atoms with Gasteiger partial charge in [0.1, 0.15) is 0 Å². The minimum atomic E-state index is -0.644. The highest BCUT2D eigenvalue weighted by Crippen LogP contribution is 2.27. The van der Waals surface area contributed by atoms with Crippen molar-refractivity contribution >= 4 is 17.0 Å². The SMILES string of the molecule is CC(O)CCC/C=C/c1ncc2cc(-c3ccc(O)c(F)c3)ccc2n1. The molecule has 0 aliphatic heterocycles. The number of phenols is 1. The lowest BCUT2D eigenvalue weighted by Crippen LogP contribution is -1.97. The average molecular weight is 352 g/mol. The lowest BCUT2D eigenvalue weighted by atomic mass is 10.0. The molecular weight excluding hydrogens is 331 g/mol. The molecule has 3 rings (SSSR count).